The van der Waals surface area contributed by atoms with Gasteiger partial charge in [-0.2, -0.15) is 0 Å². The molecular weight excluding hydrogens is 460 g/mol. The van der Waals surface area contributed by atoms with Gasteiger partial charge in [0, 0.05) is 31.6 Å². The number of amides is 2. The Bertz CT molecular complexity index is 1060. The summed E-state index contributed by atoms with van der Waals surface area (Å²) in [6, 6.07) is 10.7. The number of nitrogens with zero attached hydrogens (tertiary/aromatic N) is 2. The number of rotatable bonds is 7. The topological polar surface area (TPSA) is 77.5 Å². The van der Waals surface area contributed by atoms with Gasteiger partial charge < -0.3 is 28.7 Å². The standard InChI is InChI=1S/C28H36N2O6/c1-18-7-6-14-29(17-18)28(32)22-12-13-25(31)30(26(22)19-8-10-21(33-2)11-9-19)20-15-23(34-3)27(36-5)24(16-20)35-4/h8-11,15-16,18,22,26H,6-7,12-14,17H2,1-5H3. The van der Waals surface area contributed by atoms with E-state index in [2.05, 4.69) is 6.92 Å². The Morgan fingerprint density at radius 1 is 0.917 bits per heavy atom. The predicted molar refractivity (Wildman–Crippen MR) is 137 cm³/mol. The molecule has 2 aliphatic rings. The monoisotopic (exact) mass is 496 g/mol. The smallest absolute Gasteiger partial charge is 0.228 e. The number of likely N-dealkylation sites (tertiary alicyclic amines) is 1. The van der Waals surface area contributed by atoms with Crippen molar-refractivity contribution in [2.24, 2.45) is 11.8 Å². The molecule has 2 fully saturated rings. The van der Waals surface area contributed by atoms with Gasteiger partial charge in [-0.25, -0.2) is 0 Å². The summed E-state index contributed by atoms with van der Waals surface area (Å²) in [6.07, 6.45) is 2.91. The van der Waals surface area contributed by atoms with Crippen molar-refractivity contribution in [1.29, 1.82) is 0 Å². The van der Waals surface area contributed by atoms with Gasteiger partial charge in [0.05, 0.1) is 46.1 Å². The van der Waals surface area contributed by atoms with Crippen molar-refractivity contribution in [3.63, 3.8) is 0 Å². The van der Waals surface area contributed by atoms with Crippen LogP contribution in [0.15, 0.2) is 36.4 Å². The Morgan fingerprint density at radius 2 is 1.58 bits per heavy atom. The molecule has 3 atom stereocenters. The van der Waals surface area contributed by atoms with Crippen molar-refractivity contribution in [1.82, 2.24) is 4.90 Å². The van der Waals surface area contributed by atoms with E-state index < -0.39 is 6.04 Å². The summed E-state index contributed by atoms with van der Waals surface area (Å²) in [6.45, 7) is 3.70. The van der Waals surface area contributed by atoms with Gasteiger partial charge in [0.1, 0.15) is 5.75 Å². The molecule has 2 aromatic carbocycles. The first-order valence-corrected chi connectivity index (χ1v) is 12.5. The molecule has 0 bridgehead atoms. The average molecular weight is 497 g/mol. The lowest BCUT2D eigenvalue weighted by Gasteiger charge is -2.43. The molecule has 2 aliphatic heterocycles. The maximum Gasteiger partial charge on any atom is 0.228 e. The summed E-state index contributed by atoms with van der Waals surface area (Å²) in [4.78, 5) is 31.2. The SMILES string of the molecule is COc1ccc(C2C(C(=O)N3CCCC(C)C3)CCC(=O)N2c2cc(OC)c(OC)c(OC)c2)cc1. The Labute approximate surface area is 213 Å². The van der Waals surface area contributed by atoms with Crippen LogP contribution in [0.5, 0.6) is 23.0 Å². The van der Waals surface area contributed by atoms with E-state index in [4.69, 9.17) is 18.9 Å². The number of carbonyl (C=O) groups excluding carboxylic acids is 2. The van der Waals surface area contributed by atoms with Crippen LogP contribution in [0.4, 0.5) is 5.69 Å². The molecule has 2 saturated heterocycles. The molecule has 2 heterocycles. The third kappa shape index (κ3) is 4.94. The zero-order valence-electron chi connectivity index (χ0n) is 21.8. The number of ether oxygens (including phenoxy) is 4. The third-order valence-corrected chi connectivity index (χ3v) is 7.27. The fraction of sp³-hybridized carbons (Fsp3) is 0.500. The molecule has 0 aromatic heterocycles. The molecular formula is C28H36N2O6. The Hall–Kier alpha value is -3.42. The molecule has 2 aromatic rings. The highest BCUT2D eigenvalue weighted by Crippen LogP contribution is 2.46. The van der Waals surface area contributed by atoms with Crippen molar-refractivity contribution >= 4 is 17.5 Å². The van der Waals surface area contributed by atoms with Crippen LogP contribution in [-0.4, -0.2) is 58.2 Å². The summed E-state index contributed by atoms with van der Waals surface area (Å²) in [5.41, 5.74) is 1.47. The van der Waals surface area contributed by atoms with Crippen molar-refractivity contribution < 1.29 is 28.5 Å². The van der Waals surface area contributed by atoms with Crippen molar-refractivity contribution in [2.45, 2.75) is 38.6 Å². The fourth-order valence-electron chi connectivity index (χ4n) is 5.47. The Balaban J connectivity index is 1.82. The quantitative estimate of drug-likeness (QED) is 0.563. The Kier molecular flexibility index (Phi) is 7.91. The Morgan fingerprint density at radius 3 is 2.14 bits per heavy atom. The number of anilines is 1. The summed E-state index contributed by atoms with van der Waals surface area (Å²) in [5.74, 6) is 2.21. The van der Waals surface area contributed by atoms with E-state index in [-0.39, 0.29) is 24.2 Å². The first-order valence-electron chi connectivity index (χ1n) is 12.5. The number of methoxy groups -OCH3 is 4. The first kappa shape index (κ1) is 25.7. The van der Waals surface area contributed by atoms with Crippen LogP contribution in [0.2, 0.25) is 0 Å². The summed E-state index contributed by atoms with van der Waals surface area (Å²) >= 11 is 0. The van der Waals surface area contributed by atoms with Crippen LogP contribution in [0, 0.1) is 11.8 Å². The normalized spacial score (nSPS) is 22.2. The number of hydrogen-bond acceptors (Lipinski definition) is 6. The molecule has 4 rings (SSSR count). The molecule has 3 unspecified atom stereocenters. The van der Waals surface area contributed by atoms with Gasteiger partial charge in [-0.3, -0.25) is 9.59 Å². The predicted octanol–water partition coefficient (Wildman–Crippen LogP) is 4.46. The second-order valence-electron chi connectivity index (χ2n) is 9.54. The minimum atomic E-state index is -0.482. The minimum absolute atomic E-state index is 0.0545. The lowest BCUT2D eigenvalue weighted by molar-refractivity contribution is -0.140. The molecule has 0 aliphatic carbocycles. The largest absolute Gasteiger partial charge is 0.497 e. The molecule has 0 spiro atoms. The molecule has 0 N–H and O–H groups in total. The molecule has 8 nitrogen and oxygen atoms in total. The van der Waals surface area contributed by atoms with Crippen LogP contribution < -0.4 is 23.8 Å². The van der Waals surface area contributed by atoms with Gasteiger partial charge in [-0.1, -0.05) is 19.1 Å². The zero-order chi connectivity index (χ0) is 25.8. The van der Waals surface area contributed by atoms with Gasteiger partial charge in [-0.15, -0.1) is 0 Å². The van der Waals surface area contributed by atoms with Crippen molar-refractivity contribution in [3.8, 4) is 23.0 Å². The van der Waals surface area contributed by atoms with Crippen LogP contribution in [0.1, 0.15) is 44.2 Å². The number of piperidine rings is 2. The fourth-order valence-corrected chi connectivity index (χ4v) is 5.47. The molecule has 0 saturated carbocycles. The zero-order valence-corrected chi connectivity index (χ0v) is 21.8. The molecule has 8 heteroatoms. The molecule has 36 heavy (non-hydrogen) atoms. The van der Waals surface area contributed by atoms with Gasteiger partial charge in [0.15, 0.2) is 11.5 Å². The molecule has 2 amide bonds. The van der Waals surface area contributed by atoms with Crippen molar-refractivity contribution in [2.75, 3.05) is 46.4 Å². The van der Waals surface area contributed by atoms with E-state index in [0.717, 1.165) is 31.5 Å². The molecule has 194 valence electrons. The van der Waals surface area contributed by atoms with E-state index in [0.29, 0.717) is 41.0 Å². The van der Waals surface area contributed by atoms with Crippen LogP contribution in [-0.2, 0) is 9.59 Å². The second kappa shape index (κ2) is 11.1. The number of carbonyl (C=O) groups is 2. The number of hydrogen-bond donors (Lipinski definition) is 0. The second-order valence-corrected chi connectivity index (χ2v) is 9.54. The van der Waals surface area contributed by atoms with Crippen molar-refractivity contribution in [3.05, 3.63) is 42.0 Å². The highest BCUT2D eigenvalue weighted by molar-refractivity contribution is 5.98. The van der Waals surface area contributed by atoms with Crippen LogP contribution in [0.3, 0.4) is 0 Å². The van der Waals surface area contributed by atoms with E-state index in [1.807, 2.05) is 29.2 Å². The lowest BCUT2D eigenvalue weighted by atomic mass is 9.82. The van der Waals surface area contributed by atoms with Gasteiger partial charge in [0.25, 0.3) is 0 Å². The van der Waals surface area contributed by atoms with Gasteiger partial charge >= 0.3 is 0 Å². The minimum Gasteiger partial charge on any atom is -0.497 e. The highest BCUT2D eigenvalue weighted by atomic mass is 16.5. The average Bonchev–Trinajstić information content (AvgIpc) is 2.91. The van der Waals surface area contributed by atoms with Gasteiger partial charge in [-0.05, 0) is 42.9 Å². The lowest BCUT2D eigenvalue weighted by Crippen LogP contribution is -2.51. The van der Waals surface area contributed by atoms with E-state index >= 15 is 0 Å². The third-order valence-electron chi connectivity index (χ3n) is 7.27. The summed E-state index contributed by atoms with van der Waals surface area (Å²) in [5, 5.41) is 0. The maximum atomic E-state index is 13.9. The van der Waals surface area contributed by atoms with Gasteiger partial charge in [0.2, 0.25) is 17.6 Å². The maximum absolute atomic E-state index is 13.9. The van der Waals surface area contributed by atoms with E-state index in [1.165, 1.54) is 0 Å². The highest BCUT2D eigenvalue weighted by Gasteiger charge is 2.43. The summed E-state index contributed by atoms with van der Waals surface area (Å²) < 4.78 is 22.0. The molecule has 0 radical (unpaired) electrons. The van der Waals surface area contributed by atoms with E-state index in [9.17, 15) is 9.59 Å². The number of benzene rings is 2. The summed E-state index contributed by atoms with van der Waals surface area (Å²) in [7, 11) is 6.25. The van der Waals surface area contributed by atoms with Crippen LogP contribution >= 0.6 is 0 Å². The van der Waals surface area contributed by atoms with E-state index in [1.54, 1.807) is 45.5 Å². The first-order chi connectivity index (χ1) is 17.4. The van der Waals surface area contributed by atoms with Crippen LogP contribution in [0.25, 0.3) is 0 Å².